The maximum Gasteiger partial charge on any atom is 0.243 e. The molecule has 0 saturated carbocycles. The van der Waals surface area contributed by atoms with Gasteiger partial charge in [0.05, 0.1) is 21.6 Å². The van der Waals surface area contributed by atoms with Gasteiger partial charge in [-0.25, -0.2) is 8.42 Å². The monoisotopic (exact) mass is 475 g/mol. The predicted molar refractivity (Wildman–Crippen MR) is 116 cm³/mol. The van der Waals surface area contributed by atoms with E-state index in [9.17, 15) is 13.2 Å². The molecule has 10 heteroatoms. The molecule has 1 amide bonds. The maximum absolute atomic E-state index is 12.8. The molecular formula is C19H20Cl3N3O3S. The highest BCUT2D eigenvalue weighted by atomic mass is 35.5. The van der Waals surface area contributed by atoms with Gasteiger partial charge in [-0.3, -0.25) is 9.69 Å². The van der Waals surface area contributed by atoms with Crippen molar-refractivity contribution in [2.75, 3.05) is 31.5 Å². The third-order valence-electron chi connectivity index (χ3n) is 4.84. The zero-order valence-corrected chi connectivity index (χ0v) is 18.7. The van der Waals surface area contributed by atoms with Gasteiger partial charge in [0.25, 0.3) is 0 Å². The highest BCUT2D eigenvalue weighted by Gasteiger charge is 2.31. The van der Waals surface area contributed by atoms with Crippen LogP contribution in [0.2, 0.25) is 15.1 Å². The molecule has 29 heavy (non-hydrogen) atoms. The maximum atomic E-state index is 12.8. The van der Waals surface area contributed by atoms with Gasteiger partial charge in [-0.05, 0) is 49.4 Å². The van der Waals surface area contributed by atoms with Gasteiger partial charge in [0.1, 0.15) is 0 Å². The predicted octanol–water partition coefficient (Wildman–Crippen LogP) is 3.98. The molecule has 0 aliphatic carbocycles. The number of sulfonamides is 1. The lowest BCUT2D eigenvalue weighted by Gasteiger charge is -2.36. The Hall–Kier alpha value is -1.35. The molecule has 2 aromatic rings. The van der Waals surface area contributed by atoms with Crippen molar-refractivity contribution in [3.05, 3.63) is 57.5 Å². The summed E-state index contributed by atoms with van der Waals surface area (Å²) in [4.78, 5) is 14.7. The first-order valence-electron chi connectivity index (χ1n) is 8.94. The van der Waals surface area contributed by atoms with E-state index in [0.29, 0.717) is 46.9 Å². The zero-order chi connectivity index (χ0) is 21.2. The van der Waals surface area contributed by atoms with Crippen LogP contribution in [0.25, 0.3) is 0 Å². The highest BCUT2D eigenvalue weighted by Crippen LogP contribution is 2.26. The number of amides is 1. The summed E-state index contributed by atoms with van der Waals surface area (Å²) in [6.07, 6.45) is 0. The number of carbonyl (C=O) groups is 1. The molecule has 0 spiro atoms. The fraction of sp³-hybridized carbons (Fsp3) is 0.316. The third kappa shape index (κ3) is 5.23. The molecule has 1 aliphatic rings. The fourth-order valence-electron chi connectivity index (χ4n) is 3.08. The average molecular weight is 477 g/mol. The van der Waals surface area contributed by atoms with Gasteiger partial charge in [-0.2, -0.15) is 4.31 Å². The molecule has 0 aromatic heterocycles. The summed E-state index contributed by atoms with van der Waals surface area (Å²) in [5.41, 5.74) is 0.483. The summed E-state index contributed by atoms with van der Waals surface area (Å²) in [5.74, 6) is -0.219. The van der Waals surface area contributed by atoms with Crippen LogP contribution in [0, 0.1) is 0 Å². The Labute approximate surface area is 185 Å². The lowest BCUT2D eigenvalue weighted by atomic mass is 10.2. The van der Waals surface area contributed by atoms with E-state index in [1.807, 2.05) is 4.90 Å². The van der Waals surface area contributed by atoms with Gasteiger partial charge < -0.3 is 5.32 Å². The summed E-state index contributed by atoms with van der Waals surface area (Å²) < 4.78 is 27.0. The van der Waals surface area contributed by atoms with Crippen molar-refractivity contribution >= 4 is 56.4 Å². The Kier molecular flexibility index (Phi) is 7.09. The smallest absolute Gasteiger partial charge is 0.243 e. The van der Waals surface area contributed by atoms with Crippen LogP contribution in [0.1, 0.15) is 6.92 Å². The van der Waals surface area contributed by atoms with Crippen LogP contribution in [-0.4, -0.2) is 55.8 Å². The Morgan fingerprint density at radius 3 is 2.14 bits per heavy atom. The number of piperazine rings is 1. The lowest BCUT2D eigenvalue weighted by Crippen LogP contribution is -2.53. The minimum absolute atomic E-state index is 0.207. The topological polar surface area (TPSA) is 69.7 Å². The van der Waals surface area contributed by atoms with Crippen molar-refractivity contribution in [3.8, 4) is 0 Å². The first kappa shape index (κ1) is 22.3. The first-order valence-corrected chi connectivity index (χ1v) is 11.5. The van der Waals surface area contributed by atoms with Gasteiger partial charge in [-0.1, -0.05) is 34.8 Å². The van der Waals surface area contributed by atoms with Crippen molar-refractivity contribution in [2.24, 2.45) is 0 Å². The van der Waals surface area contributed by atoms with E-state index >= 15 is 0 Å². The minimum atomic E-state index is -3.59. The van der Waals surface area contributed by atoms with E-state index in [4.69, 9.17) is 34.8 Å². The zero-order valence-electron chi connectivity index (χ0n) is 15.6. The summed E-state index contributed by atoms with van der Waals surface area (Å²) in [5, 5.41) is 4.12. The molecule has 1 aliphatic heterocycles. The van der Waals surface area contributed by atoms with Gasteiger partial charge >= 0.3 is 0 Å². The average Bonchev–Trinajstić information content (AvgIpc) is 2.70. The van der Waals surface area contributed by atoms with E-state index in [0.717, 1.165) is 0 Å². The molecule has 1 heterocycles. The van der Waals surface area contributed by atoms with E-state index in [1.54, 1.807) is 37.3 Å². The van der Waals surface area contributed by atoms with E-state index in [2.05, 4.69) is 5.32 Å². The van der Waals surface area contributed by atoms with Crippen LogP contribution in [0.5, 0.6) is 0 Å². The van der Waals surface area contributed by atoms with Crippen LogP contribution in [0.4, 0.5) is 5.69 Å². The lowest BCUT2D eigenvalue weighted by molar-refractivity contribution is -0.121. The van der Waals surface area contributed by atoms with Crippen molar-refractivity contribution in [1.29, 1.82) is 0 Å². The largest absolute Gasteiger partial charge is 0.323 e. The van der Waals surface area contributed by atoms with E-state index in [1.165, 1.54) is 16.4 Å². The van der Waals surface area contributed by atoms with E-state index < -0.39 is 16.1 Å². The standard InChI is InChI=1S/C19H20Cl3N3O3S/c1-13(19(26)23-18-7-4-15(21)12-17(18)22)24-8-10-25(11-9-24)29(27,28)16-5-2-14(20)3-6-16/h2-7,12-13H,8-11H2,1H3,(H,23,26). The molecule has 1 fully saturated rings. The molecule has 1 atom stereocenters. The highest BCUT2D eigenvalue weighted by molar-refractivity contribution is 7.89. The van der Waals surface area contributed by atoms with Crippen LogP contribution in [-0.2, 0) is 14.8 Å². The Morgan fingerprint density at radius 1 is 0.966 bits per heavy atom. The SMILES string of the molecule is CC(C(=O)Nc1ccc(Cl)cc1Cl)N1CCN(S(=O)(=O)c2ccc(Cl)cc2)CC1. The molecule has 1 saturated heterocycles. The Bertz CT molecular complexity index is 992. The fourth-order valence-corrected chi connectivity index (χ4v) is 5.08. The summed E-state index contributed by atoms with van der Waals surface area (Å²) in [6.45, 7) is 3.25. The van der Waals surface area contributed by atoms with E-state index in [-0.39, 0.29) is 10.8 Å². The second-order valence-electron chi connectivity index (χ2n) is 6.68. The summed E-state index contributed by atoms with van der Waals surface area (Å²) >= 11 is 17.8. The Morgan fingerprint density at radius 2 is 1.55 bits per heavy atom. The third-order valence-corrected chi connectivity index (χ3v) is 7.55. The van der Waals surface area contributed by atoms with Crippen molar-refractivity contribution in [2.45, 2.75) is 17.9 Å². The first-order chi connectivity index (χ1) is 13.7. The van der Waals surface area contributed by atoms with Crippen LogP contribution in [0.3, 0.4) is 0 Å². The van der Waals surface area contributed by atoms with Crippen LogP contribution in [0.15, 0.2) is 47.4 Å². The van der Waals surface area contributed by atoms with Crippen LogP contribution >= 0.6 is 34.8 Å². The summed E-state index contributed by atoms with van der Waals surface area (Å²) in [6, 6.07) is 10.5. The quantitative estimate of drug-likeness (QED) is 0.709. The number of nitrogens with zero attached hydrogens (tertiary/aromatic N) is 2. The molecule has 1 N–H and O–H groups in total. The van der Waals surface area contributed by atoms with Crippen LogP contribution < -0.4 is 5.32 Å². The van der Waals surface area contributed by atoms with Gasteiger partial charge in [0.15, 0.2) is 0 Å². The number of anilines is 1. The van der Waals surface area contributed by atoms with Crippen molar-refractivity contribution < 1.29 is 13.2 Å². The molecular weight excluding hydrogens is 457 g/mol. The molecule has 3 rings (SSSR count). The molecule has 1 unspecified atom stereocenters. The normalized spacial score (nSPS) is 17.1. The molecule has 156 valence electrons. The second kappa shape index (κ2) is 9.20. The number of rotatable bonds is 5. The molecule has 2 aromatic carbocycles. The van der Waals surface area contributed by atoms with Crippen molar-refractivity contribution in [1.82, 2.24) is 9.21 Å². The molecule has 6 nitrogen and oxygen atoms in total. The van der Waals surface area contributed by atoms with Gasteiger partial charge in [-0.15, -0.1) is 0 Å². The number of hydrogen-bond acceptors (Lipinski definition) is 4. The number of nitrogens with one attached hydrogen (secondary N) is 1. The molecule has 0 bridgehead atoms. The number of hydrogen-bond donors (Lipinski definition) is 1. The van der Waals surface area contributed by atoms with Gasteiger partial charge in [0.2, 0.25) is 15.9 Å². The van der Waals surface area contributed by atoms with Gasteiger partial charge in [0, 0.05) is 36.2 Å². The Balaban J connectivity index is 1.60. The molecule has 0 radical (unpaired) electrons. The number of halogens is 3. The summed E-state index contributed by atoms with van der Waals surface area (Å²) in [7, 11) is -3.59. The second-order valence-corrected chi connectivity index (χ2v) is 9.90. The number of benzene rings is 2. The number of carbonyl (C=O) groups excluding carboxylic acids is 1. The minimum Gasteiger partial charge on any atom is -0.323 e. The van der Waals surface area contributed by atoms with Crippen molar-refractivity contribution in [3.63, 3.8) is 0 Å².